The standard InChI is InChI=1S/C12H25N2O5P3/c1-14(2,8-3-5-16-10(8)7-18-20)13-12(15)11-9(19-22-21)4-6-17-11/h8-11,22H,3-7,20-21H2,1-2H3/i5T,6T. The van der Waals surface area contributed by atoms with E-state index in [-0.39, 0.29) is 25.2 Å². The van der Waals surface area contributed by atoms with E-state index in [4.69, 9.17) is 21.3 Å². The zero-order valence-corrected chi connectivity index (χ0v) is 16.0. The molecule has 0 aromatic carbocycles. The van der Waals surface area contributed by atoms with Gasteiger partial charge in [0, 0.05) is 30.8 Å². The normalized spacial score (nSPS) is 42.1. The Hall–Kier alpha value is 0.560. The van der Waals surface area contributed by atoms with Gasteiger partial charge in [-0.1, -0.05) is 8.93 Å². The lowest BCUT2D eigenvalue weighted by Gasteiger charge is -2.35. The first kappa shape index (κ1) is 16.1. The van der Waals surface area contributed by atoms with E-state index >= 15 is 0 Å². The minimum absolute atomic E-state index is 0.0192. The second kappa shape index (κ2) is 8.60. The maximum atomic E-state index is 12.6. The number of ether oxygens (including phenoxy) is 2. The van der Waals surface area contributed by atoms with Crippen molar-refractivity contribution in [3.05, 3.63) is 0 Å². The van der Waals surface area contributed by atoms with Crippen LogP contribution in [-0.4, -0.2) is 68.7 Å². The second-order valence-electron chi connectivity index (χ2n) is 5.63. The van der Waals surface area contributed by atoms with E-state index in [0.29, 0.717) is 19.4 Å². The van der Waals surface area contributed by atoms with Gasteiger partial charge in [-0.2, -0.15) is 4.59 Å². The SMILES string of the molecule is [3H]C1CC([N+](C)(C)N=C([O-])C2OC([3H])CC2OPP)C(COP)O1. The van der Waals surface area contributed by atoms with Crippen LogP contribution in [-0.2, 0) is 18.5 Å². The average Bonchev–Trinajstić information content (AvgIpc) is 3.03. The fraction of sp³-hybridized carbons (Fsp3) is 0.917. The molecule has 0 amide bonds. The summed E-state index contributed by atoms with van der Waals surface area (Å²) in [7, 11) is 8.34. The number of rotatable bonds is 7. The first-order valence-electron chi connectivity index (χ1n) is 8.13. The zero-order chi connectivity index (χ0) is 17.9. The summed E-state index contributed by atoms with van der Waals surface area (Å²) in [4.78, 5) is 0. The molecule has 0 aliphatic carbocycles. The van der Waals surface area contributed by atoms with Gasteiger partial charge in [0.2, 0.25) is 0 Å². The van der Waals surface area contributed by atoms with Crippen LogP contribution < -0.4 is 5.11 Å². The van der Waals surface area contributed by atoms with Crippen molar-refractivity contribution >= 4 is 32.8 Å². The van der Waals surface area contributed by atoms with Gasteiger partial charge >= 0.3 is 0 Å². The molecule has 22 heavy (non-hydrogen) atoms. The van der Waals surface area contributed by atoms with Gasteiger partial charge in [-0.05, 0) is 0 Å². The van der Waals surface area contributed by atoms with Crippen molar-refractivity contribution < 1.29 is 31.0 Å². The highest BCUT2D eigenvalue weighted by Crippen LogP contribution is 2.31. The number of likely N-dealkylation sites (N-methyl/N-ethyl adjacent to an activating group) is 1. The number of quaternary nitrogens is 1. The molecule has 128 valence electrons. The van der Waals surface area contributed by atoms with Crippen molar-refractivity contribution in [2.75, 3.05) is 33.9 Å². The predicted octanol–water partition coefficient (Wildman–Crippen LogP) is 0.258. The van der Waals surface area contributed by atoms with E-state index in [1.807, 2.05) is 0 Å². The Kier molecular flexibility index (Phi) is 6.27. The molecule has 0 bridgehead atoms. The molecule has 9 atom stereocenters. The molecule has 2 aliphatic rings. The minimum atomic E-state index is -0.858. The number of nitrogens with zero attached hydrogens (tertiary/aromatic N) is 2. The summed E-state index contributed by atoms with van der Waals surface area (Å²) in [6.45, 7) is -1.12. The predicted molar refractivity (Wildman–Crippen MR) is 90.6 cm³/mol. The topological polar surface area (TPSA) is 72.3 Å². The van der Waals surface area contributed by atoms with Gasteiger partial charge in [-0.25, -0.2) is 0 Å². The molecule has 2 saturated heterocycles. The lowest BCUT2D eigenvalue weighted by molar-refractivity contribution is -0.924. The molecule has 0 radical (unpaired) electrons. The summed E-state index contributed by atoms with van der Waals surface area (Å²) < 4.78 is 37.0. The Labute approximate surface area is 140 Å². The number of hydrogen-bond donors (Lipinski definition) is 0. The first-order valence-corrected chi connectivity index (χ1v) is 10.2. The van der Waals surface area contributed by atoms with Crippen molar-refractivity contribution in [1.29, 1.82) is 0 Å². The summed E-state index contributed by atoms with van der Waals surface area (Å²) in [5.41, 5.74) is 0. The lowest BCUT2D eigenvalue weighted by atomic mass is 10.1. The van der Waals surface area contributed by atoms with Crippen molar-refractivity contribution in [3.8, 4) is 0 Å². The molecular weight excluding hydrogens is 345 g/mol. The van der Waals surface area contributed by atoms with Crippen LogP contribution in [0.15, 0.2) is 5.10 Å². The third-order valence-electron chi connectivity index (χ3n) is 3.84. The van der Waals surface area contributed by atoms with E-state index in [9.17, 15) is 5.11 Å². The average molecular weight is 374 g/mol. The maximum absolute atomic E-state index is 12.6. The summed E-state index contributed by atoms with van der Waals surface area (Å²) in [5.74, 6) is -0.443. The van der Waals surface area contributed by atoms with Crippen LogP contribution in [0.5, 0.6) is 0 Å². The third kappa shape index (κ3) is 4.55. The fourth-order valence-corrected chi connectivity index (χ4v) is 3.80. The molecule has 0 aromatic rings. The van der Waals surface area contributed by atoms with E-state index in [1.54, 1.807) is 14.1 Å². The highest BCUT2D eigenvalue weighted by atomic mass is 32.0. The second-order valence-corrected chi connectivity index (χ2v) is 7.14. The minimum Gasteiger partial charge on any atom is -0.856 e. The molecule has 2 aliphatic heterocycles. The van der Waals surface area contributed by atoms with E-state index in [1.165, 1.54) is 0 Å². The molecule has 0 saturated carbocycles. The van der Waals surface area contributed by atoms with Crippen LogP contribution in [0.3, 0.4) is 0 Å². The van der Waals surface area contributed by atoms with Gasteiger partial charge in [0.05, 0.1) is 48.6 Å². The molecule has 0 spiro atoms. The van der Waals surface area contributed by atoms with Crippen LogP contribution in [0.1, 0.15) is 15.6 Å². The molecular formula is C12H25N2O5P3. The lowest BCUT2D eigenvalue weighted by Crippen LogP contribution is -2.53. The van der Waals surface area contributed by atoms with Gasteiger partial charge in [-0.15, -0.1) is 5.10 Å². The Bertz CT molecular complexity index is 462. The van der Waals surface area contributed by atoms with E-state index < -0.39 is 31.3 Å². The van der Waals surface area contributed by atoms with Gasteiger partial charge in [-0.3, -0.25) is 0 Å². The fourth-order valence-electron chi connectivity index (χ4n) is 2.70. The van der Waals surface area contributed by atoms with Crippen LogP contribution >= 0.6 is 26.9 Å². The van der Waals surface area contributed by atoms with Gasteiger partial charge in [0.25, 0.3) is 0 Å². The van der Waals surface area contributed by atoms with Crippen molar-refractivity contribution in [2.24, 2.45) is 5.10 Å². The van der Waals surface area contributed by atoms with Crippen molar-refractivity contribution in [3.63, 3.8) is 0 Å². The van der Waals surface area contributed by atoms with Crippen molar-refractivity contribution in [2.45, 2.75) is 37.2 Å². The van der Waals surface area contributed by atoms with Crippen molar-refractivity contribution in [1.82, 2.24) is 0 Å². The summed E-state index contributed by atoms with van der Waals surface area (Å²) >= 11 is 0. The van der Waals surface area contributed by atoms with Gasteiger partial charge in [0.1, 0.15) is 18.2 Å². The zero-order valence-electron chi connectivity index (χ0n) is 14.7. The molecule has 2 heterocycles. The Morgan fingerprint density at radius 3 is 2.86 bits per heavy atom. The molecule has 2 fully saturated rings. The largest absolute Gasteiger partial charge is 0.856 e. The van der Waals surface area contributed by atoms with Crippen LogP contribution in [0.4, 0.5) is 0 Å². The molecule has 10 heteroatoms. The summed E-state index contributed by atoms with van der Waals surface area (Å²) in [6, 6.07) is -0.173. The molecule has 9 unspecified atom stereocenters. The van der Waals surface area contributed by atoms with Crippen LogP contribution in [0, 0.1) is 0 Å². The Morgan fingerprint density at radius 1 is 1.45 bits per heavy atom. The number of hydrogen-bond acceptors (Lipinski definition) is 6. The van der Waals surface area contributed by atoms with Gasteiger partial charge < -0.3 is 23.6 Å². The summed E-state index contributed by atoms with van der Waals surface area (Å²) in [6.07, 6.45) is -0.809. The molecule has 0 N–H and O–H groups in total. The smallest absolute Gasteiger partial charge is 0.144 e. The maximum Gasteiger partial charge on any atom is 0.144 e. The molecule has 7 nitrogen and oxygen atoms in total. The first-order chi connectivity index (χ1) is 11.3. The third-order valence-corrected chi connectivity index (χ3v) is 4.88. The monoisotopic (exact) mass is 374 g/mol. The van der Waals surface area contributed by atoms with Gasteiger partial charge in [0.15, 0.2) is 0 Å². The summed E-state index contributed by atoms with van der Waals surface area (Å²) in [5, 5.41) is 16.9. The van der Waals surface area contributed by atoms with E-state index in [2.05, 4.69) is 23.5 Å². The Balaban J connectivity index is 2.14. The van der Waals surface area contributed by atoms with E-state index in [0.717, 1.165) is 0 Å². The Morgan fingerprint density at radius 2 is 2.18 bits per heavy atom. The molecule has 2 rings (SSSR count). The van der Waals surface area contributed by atoms with Crippen LogP contribution in [0.25, 0.3) is 0 Å². The molecule has 0 aromatic heterocycles. The highest BCUT2D eigenvalue weighted by Gasteiger charge is 2.42. The van der Waals surface area contributed by atoms with Crippen LogP contribution in [0.2, 0.25) is 0 Å². The quantitative estimate of drug-likeness (QED) is 0.210. The highest BCUT2D eigenvalue weighted by molar-refractivity contribution is 8.00.